The number of aryl methyl sites for hydroxylation is 2. The van der Waals surface area contributed by atoms with Crippen LogP contribution in [0.5, 0.6) is 11.8 Å². The standard InChI is InChI=1S/C25H22FN7O2/c1-13-7-8-29-25(32-13)35-20-6-4-17(10-19(20)26)33-22(18-5-3-16(27)9-15(18)11-34)14(2)21-23(33)24(28)31-12-30-21/h3-10,12,34H,11,27H2,1-2H3,(H2,28,30,31). The zero-order valence-corrected chi connectivity index (χ0v) is 19.0. The number of hydrogen-bond donors (Lipinski definition) is 3. The van der Waals surface area contributed by atoms with Crippen LogP contribution in [-0.4, -0.2) is 29.6 Å². The first-order chi connectivity index (χ1) is 16.9. The third kappa shape index (κ3) is 3.89. The molecule has 35 heavy (non-hydrogen) atoms. The van der Waals surface area contributed by atoms with Gasteiger partial charge in [-0.1, -0.05) is 6.07 Å². The predicted octanol–water partition coefficient (Wildman–Crippen LogP) is 4.08. The summed E-state index contributed by atoms with van der Waals surface area (Å²) in [6.07, 6.45) is 2.92. The van der Waals surface area contributed by atoms with Gasteiger partial charge in [-0.3, -0.25) is 0 Å². The van der Waals surface area contributed by atoms with Gasteiger partial charge < -0.3 is 25.9 Å². The number of ether oxygens (including phenoxy) is 1. The molecule has 0 bridgehead atoms. The van der Waals surface area contributed by atoms with E-state index in [2.05, 4.69) is 19.9 Å². The van der Waals surface area contributed by atoms with Crippen molar-refractivity contribution in [2.75, 3.05) is 11.5 Å². The quantitative estimate of drug-likeness (QED) is 0.326. The molecule has 9 nitrogen and oxygen atoms in total. The van der Waals surface area contributed by atoms with Crippen molar-refractivity contribution < 1.29 is 14.2 Å². The van der Waals surface area contributed by atoms with Crippen LogP contribution in [0.4, 0.5) is 15.9 Å². The number of nitrogens with two attached hydrogens (primary N) is 2. The first kappa shape index (κ1) is 22.2. The fourth-order valence-corrected chi connectivity index (χ4v) is 4.12. The number of aliphatic hydroxyl groups is 1. The number of fused-ring (bicyclic) bond motifs is 1. The van der Waals surface area contributed by atoms with Crippen LogP contribution in [0.15, 0.2) is 55.0 Å². The van der Waals surface area contributed by atoms with Gasteiger partial charge in [0.05, 0.1) is 17.8 Å². The summed E-state index contributed by atoms with van der Waals surface area (Å²) in [5.41, 5.74) is 17.8. The monoisotopic (exact) mass is 471 g/mol. The molecule has 3 aromatic heterocycles. The second kappa shape index (κ2) is 8.65. The van der Waals surface area contributed by atoms with Crippen molar-refractivity contribution in [3.63, 3.8) is 0 Å². The molecule has 0 saturated carbocycles. The maximum atomic E-state index is 15.2. The average molecular weight is 471 g/mol. The van der Waals surface area contributed by atoms with Crippen LogP contribution in [-0.2, 0) is 6.61 Å². The lowest BCUT2D eigenvalue weighted by Gasteiger charge is -2.16. The Kier molecular flexibility index (Phi) is 5.50. The highest BCUT2D eigenvalue weighted by atomic mass is 19.1. The van der Waals surface area contributed by atoms with Gasteiger partial charge in [0.2, 0.25) is 0 Å². The molecule has 0 radical (unpaired) electrons. The van der Waals surface area contributed by atoms with Crippen molar-refractivity contribution in [3.05, 3.63) is 77.6 Å². The molecule has 0 aliphatic carbocycles. The average Bonchev–Trinajstić information content (AvgIpc) is 3.14. The largest absolute Gasteiger partial charge is 0.421 e. The summed E-state index contributed by atoms with van der Waals surface area (Å²) in [5.74, 6) is -0.408. The number of aliphatic hydroxyl groups excluding tert-OH is 1. The van der Waals surface area contributed by atoms with E-state index in [-0.39, 0.29) is 24.2 Å². The fourth-order valence-electron chi connectivity index (χ4n) is 4.12. The zero-order chi connectivity index (χ0) is 24.7. The number of halogens is 1. The highest BCUT2D eigenvalue weighted by Crippen LogP contribution is 2.39. The lowest BCUT2D eigenvalue weighted by Crippen LogP contribution is -2.04. The zero-order valence-electron chi connectivity index (χ0n) is 19.0. The van der Waals surface area contributed by atoms with E-state index in [0.29, 0.717) is 44.9 Å². The molecular weight excluding hydrogens is 449 g/mol. The minimum absolute atomic E-state index is 0.0261. The van der Waals surface area contributed by atoms with E-state index in [1.54, 1.807) is 42.0 Å². The normalized spacial score (nSPS) is 11.2. The van der Waals surface area contributed by atoms with Crippen LogP contribution in [0.3, 0.4) is 0 Å². The molecule has 0 fully saturated rings. The Morgan fingerprint density at radius 1 is 1.03 bits per heavy atom. The van der Waals surface area contributed by atoms with E-state index >= 15 is 4.39 Å². The Morgan fingerprint density at radius 3 is 2.60 bits per heavy atom. The van der Waals surface area contributed by atoms with Crippen molar-refractivity contribution in [3.8, 4) is 28.7 Å². The van der Waals surface area contributed by atoms with Gasteiger partial charge in [-0.2, -0.15) is 0 Å². The summed E-state index contributed by atoms with van der Waals surface area (Å²) >= 11 is 0. The molecule has 0 aliphatic rings. The van der Waals surface area contributed by atoms with Gasteiger partial charge in [-0.05, 0) is 49.7 Å². The van der Waals surface area contributed by atoms with Gasteiger partial charge in [0.25, 0.3) is 0 Å². The van der Waals surface area contributed by atoms with Crippen LogP contribution >= 0.6 is 0 Å². The number of anilines is 2. The maximum Gasteiger partial charge on any atom is 0.322 e. The molecule has 2 aromatic carbocycles. The first-order valence-electron chi connectivity index (χ1n) is 10.8. The van der Waals surface area contributed by atoms with Crippen molar-refractivity contribution in [1.82, 2.24) is 24.5 Å². The molecule has 0 aliphatic heterocycles. The molecule has 10 heteroatoms. The van der Waals surface area contributed by atoms with E-state index in [4.69, 9.17) is 16.2 Å². The molecule has 176 valence electrons. The van der Waals surface area contributed by atoms with E-state index < -0.39 is 5.82 Å². The third-order valence-corrected chi connectivity index (χ3v) is 5.71. The van der Waals surface area contributed by atoms with Crippen LogP contribution < -0.4 is 16.2 Å². The van der Waals surface area contributed by atoms with Crippen LogP contribution in [0, 0.1) is 19.7 Å². The van der Waals surface area contributed by atoms with Gasteiger partial charge in [0.15, 0.2) is 17.4 Å². The molecule has 0 atom stereocenters. The summed E-state index contributed by atoms with van der Waals surface area (Å²) in [5, 5.41) is 10.0. The Hall–Kier alpha value is -4.57. The number of rotatable bonds is 5. The minimum atomic E-state index is -0.617. The van der Waals surface area contributed by atoms with Crippen LogP contribution in [0.1, 0.15) is 16.8 Å². The van der Waals surface area contributed by atoms with E-state index in [1.807, 2.05) is 13.0 Å². The summed E-state index contributed by atoms with van der Waals surface area (Å²) in [6.45, 7) is 3.44. The molecule has 0 spiro atoms. The minimum Gasteiger partial charge on any atom is -0.421 e. The third-order valence-electron chi connectivity index (χ3n) is 5.71. The summed E-state index contributed by atoms with van der Waals surface area (Å²) in [4.78, 5) is 16.7. The summed E-state index contributed by atoms with van der Waals surface area (Å²) in [7, 11) is 0. The number of hydrogen-bond acceptors (Lipinski definition) is 8. The maximum absolute atomic E-state index is 15.2. The van der Waals surface area contributed by atoms with Gasteiger partial charge in [0, 0.05) is 40.5 Å². The number of benzene rings is 2. The lowest BCUT2D eigenvalue weighted by molar-refractivity contribution is 0.282. The van der Waals surface area contributed by atoms with Crippen molar-refractivity contribution in [2.24, 2.45) is 0 Å². The Labute approximate surface area is 199 Å². The lowest BCUT2D eigenvalue weighted by atomic mass is 10.0. The molecule has 5 rings (SSSR count). The van der Waals surface area contributed by atoms with Crippen molar-refractivity contribution >= 4 is 22.5 Å². The van der Waals surface area contributed by atoms with Crippen LogP contribution in [0.25, 0.3) is 28.0 Å². The predicted molar refractivity (Wildman–Crippen MR) is 131 cm³/mol. The second-order valence-electron chi connectivity index (χ2n) is 8.04. The van der Waals surface area contributed by atoms with Crippen molar-refractivity contribution in [2.45, 2.75) is 20.5 Å². The second-order valence-corrected chi connectivity index (χ2v) is 8.04. The molecule has 3 heterocycles. The fraction of sp³-hybridized carbons (Fsp3) is 0.120. The van der Waals surface area contributed by atoms with Gasteiger partial charge >= 0.3 is 6.01 Å². The van der Waals surface area contributed by atoms with Gasteiger partial charge in [-0.15, -0.1) is 0 Å². The van der Waals surface area contributed by atoms with E-state index in [9.17, 15) is 5.11 Å². The van der Waals surface area contributed by atoms with Crippen LogP contribution in [0.2, 0.25) is 0 Å². The molecule has 5 N–H and O–H groups in total. The Morgan fingerprint density at radius 2 is 1.86 bits per heavy atom. The van der Waals surface area contributed by atoms with E-state index in [0.717, 1.165) is 5.56 Å². The highest BCUT2D eigenvalue weighted by Gasteiger charge is 2.23. The Balaban J connectivity index is 1.72. The van der Waals surface area contributed by atoms with Crippen molar-refractivity contribution in [1.29, 1.82) is 0 Å². The molecular formula is C25H22FN7O2. The first-order valence-corrected chi connectivity index (χ1v) is 10.8. The summed E-state index contributed by atoms with van der Waals surface area (Å²) < 4.78 is 22.6. The molecule has 0 saturated heterocycles. The van der Waals surface area contributed by atoms with E-state index in [1.165, 1.54) is 18.5 Å². The molecule has 0 amide bonds. The molecule has 0 unspecified atom stereocenters. The number of aromatic nitrogens is 5. The smallest absolute Gasteiger partial charge is 0.322 e. The molecule has 5 aromatic rings. The van der Waals surface area contributed by atoms with Gasteiger partial charge in [-0.25, -0.2) is 24.3 Å². The van der Waals surface area contributed by atoms with Gasteiger partial charge in [0.1, 0.15) is 11.8 Å². The SMILES string of the molecule is Cc1ccnc(Oc2ccc(-n3c(-c4ccc(N)cc4CO)c(C)c4ncnc(N)c43)cc2F)n1. The number of nitrogen functional groups attached to an aromatic ring is 2. The number of nitrogens with zero attached hydrogens (tertiary/aromatic N) is 5. The Bertz CT molecular complexity index is 1580. The topological polar surface area (TPSA) is 138 Å². The highest BCUT2D eigenvalue weighted by molar-refractivity contribution is 5.96. The summed E-state index contributed by atoms with van der Waals surface area (Å²) in [6, 6.07) is 11.5.